The Labute approximate surface area is 222 Å². The Balaban J connectivity index is 1.39. The predicted molar refractivity (Wildman–Crippen MR) is 144 cm³/mol. The number of rotatable bonds is 6. The molecule has 1 aromatic heterocycles. The van der Waals surface area contributed by atoms with Crippen LogP contribution < -0.4 is 10.6 Å². The molecule has 1 aromatic carbocycles. The average Bonchev–Trinajstić information content (AvgIpc) is 3.47. The normalized spacial score (nSPS) is 19.7. The van der Waals surface area contributed by atoms with Crippen molar-refractivity contribution in [1.82, 2.24) is 20.5 Å². The summed E-state index contributed by atoms with van der Waals surface area (Å²) in [5.41, 5.74) is 4.42. The van der Waals surface area contributed by atoms with Gasteiger partial charge in [0.2, 0.25) is 12.4 Å². The molecule has 0 bridgehead atoms. The second kappa shape index (κ2) is 11.9. The quantitative estimate of drug-likeness (QED) is 0.283. The predicted octanol–water partition coefficient (Wildman–Crippen LogP) is 4.50. The maximum absolute atomic E-state index is 13.0. The van der Waals surface area contributed by atoms with E-state index in [1.807, 2.05) is 12.1 Å². The number of aryl methyl sites for hydroxylation is 1. The fourth-order valence-electron chi connectivity index (χ4n) is 4.55. The number of amides is 1. The van der Waals surface area contributed by atoms with Gasteiger partial charge < -0.3 is 10.3 Å². The summed E-state index contributed by atoms with van der Waals surface area (Å²) in [4.78, 5) is 24.5. The Hall–Kier alpha value is -3.56. The number of guanidine groups is 1. The van der Waals surface area contributed by atoms with Crippen molar-refractivity contribution >= 4 is 40.1 Å². The number of fused-ring (bicyclic) bond motifs is 1. The molecule has 1 saturated heterocycles. The molecule has 0 atom stereocenters. The first kappa shape index (κ1) is 27.5. The topological polar surface area (TPSA) is 109 Å². The second-order valence-electron chi connectivity index (χ2n) is 9.15. The van der Waals surface area contributed by atoms with Crippen molar-refractivity contribution in [2.75, 3.05) is 20.1 Å². The number of halogens is 3. The highest BCUT2D eigenvalue weighted by Crippen LogP contribution is 2.39. The highest BCUT2D eigenvalue weighted by atomic mass is 32.2. The van der Waals surface area contributed by atoms with Gasteiger partial charge in [0, 0.05) is 60.3 Å². The zero-order valence-corrected chi connectivity index (χ0v) is 21.8. The molecule has 3 heterocycles. The number of nitriles is 1. The van der Waals surface area contributed by atoms with E-state index in [0.717, 1.165) is 60.7 Å². The van der Waals surface area contributed by atoms with Gasteiger partial charge in [-0.2, -0.15) is 18.4 Å². The molecule has 200 valence electrons. The summed E-state index contributed by atoms with van der Waals surface area (Å²) in [5, 5.41) is 16.3. The number of likely N-dealkylation sites (tertiary alicyclic amines) is 1. The van der Waals surface area contributed by atoms with Crippen molar-refractivity contribution in [3.63, 3.8) is 0 Å². The smallest absolute Gasteiger partial charge is 0.388 e. The molecule has 1 amide bonds. The number of piperidine rings is 1. The number of carbonyl (C=O) groups excluding carboxylic acids is 1. The van der Waals surface area contributed by atoms with Crippen LogP contribution in [-0.4, -0.2) is 59.7 Å². The maximum atomic E-state index is 13.0. The summed E-state index contributed by atoms with van der Waals surface area (Å²) in [5.74, 6) is 0.0281. The molecular formula is C26H28F3N7OS. The van der Waals surface area contributed by atoms with Gasteiger partial charge in [0.15, 0.2) is 0 Å². The molecule has 0 spiro atoms. The van der Waals surface area contributed by atoms with E-state index in [0.29, 0.717) is 22.7 Å². The third kappa shape index (κ3) is 6.85. The van der Waals surface area contributed by atoms with E-state index in [4.69, 9.17) is 5.26 Å². The molecule has 2 aliphatic rings. The number of carbonyl (C=O) groups is 1. The Morgan fingerprint density at radius 1 is 1.34 bits per heavy atom. The SMILES string of the molecule is C\N=C(/N=C1/SC(CC(F)(F)F)=C/C1=C\NC1CCN(Cc2ccc3[nH]c(C#N)cc3c2C)CC1)NC=O. The Bertz CT molecular complexity index is 1360. The van der Waals surface area contributed by atoms with Gasteiger partial charge in [-0.1, -0.05) is 17.8 Å². The van der Waals surface area contributed by atoms with E-state index < -0.39 is 12.6 Å². The van der Waals surface area contributed by atoms with E-state index in [9.17, 15) is 18.0 Å². The summed E-state index contributed by atoms with van der Waals surface area (Å²) in [6, 6.07) is 8.32. The molecule has 4 rings (SSSR count). The van der Waals surface area contributed by atoms with Crippen LogP contribution in [0.3, 0.4) is 0 Å². The molecule has 1 fully saturated rings. The van der Waals surface area contributed by atoms with Crippen LogP contribution in [0.1, 0.15) is 36.1 Å². The van der Waals surface area contributed by atoms with Crippen LogP contribution in [0, 0.1) is 18.3 Å². The number of aliphatic imine (C=N–C) groups is 2. The standard InChI is InChI=1S/C26H28F3N7OS/c1-16-17(3-4-23-22(16)10-20(12-30)34-23)14-36-7-5-19(6-8-36)32-13-18-9-21(11-26(27,28)29)38-24(18)35-25(31-2)33-15-37/h3-4,9-10,13,15,19,32,34H,5-8,11,14H2,1-2H3,(H,31,33,37)/b18-13+,35-24+. The molecule has 0 radical (unpaired) electrons. The molecule has 12 heteroatoms. The van der Waals surface area contributed by atoms with E-state index in [1.165, 1.54) is 18.7 Å². The number of nitrogens with zero attached hydrogens (tertiary/aromatic N) is 4. The van der Waals surface area contributed by atoms with Crippen molar-refractivity contribution in [2.24, 2.45) is 9.98 Å². The largest absolute Gasteiger partial charge is 0.393 e. The minimum Gasteiger partial charge on any atom is -0.388 e. The minimum atomic E-state index is -4.33. The zero-order valence-electron chi connectivity index (χ0n) is 21.0. The number of allylic oxidation sites excluding steroid dienone is 2. The van der Waals surface area contributed by atoms with Gasteiger partial charge in [-0.3, -0.25) is 20.0 Å². The van der Waals surface area contributed by atoms with Crippen LogP contribution in [0.4, 0.5) is 13.2 Å². The number of aromatic nitrogens is 1. The lowest BCUT2D eigenvalue weighted by atomic mass is 10.0. The number of hydrogen-bond donors (Lipinski definition) is 3. The highest BCUT2D eigenvalue weighted by molar-refractivity contribution is 8.18. The molecule has 0 unspecified atom stereocenters. The first-order chi connectivity index (χ1) is 18.2. The molecule has 2 aromatic rings. The van der Waals surface area contributed by atoms with Crippen molar-refractivity contribution in [3.8, 4) is 6.07 Å². The minimum absolute atomic E-state index is 0.0281. The average molecular weight is 544 g/mol. The third-order valence-electron chi connectivity index (χ3n) is 6.53. The van der Waals surface area contributed by atoms with Crippen LogP contribution >= 0.6 is 11.8 Å². The van der Waals surface area contributed by atoms with Crippen LogP contribution in [-0.2, 0) is 11.3 Å². The van der Waals surface area contributed by atoms with E-state index in [1.54, 1.807) is 6.20 Å². The van der Waals surface area contributed by atoms with Crippen molar-refractivity contribution in [3.05, 3.63) is 57.8 Å². The summed E-state index contributed by atoms with van der Waals surface area (Å²) in [6.07, 6.45) is -0.0114. The Kier molecular flexibility index (Phi) is 8.58. The number of hydrogen-bond acceptors (Lipinski definition) is 6. The van der Waals surface area contributed by atoms with Crippen LogP contribution in [0.25, 0.3) is 10.9 Å². The van der Waals surface area contributed by atoms with Crippen LogP contribution in [0.15, 0.2) is 50.9 Å². The Morgan fingerprint density at radius 2 is 2.11 bits per heavy atom. The summed E-state index contributed by atoms with van der Waals surface area (Å²) >= 11 is 0.926. The number of alkyl halides is 3. The first-order valence-corrected chi connectivity index (χ1v) is 12.9. The van der Waals surface area contributed by atoms with Crippen molar-refractivity contribution in [1.29, 1.82) is 5.26 Å². The number of nitrogens with one attached hydrogen (secondary N) is 3. The molecule has 0 saturated carbocycles. The molecule has 38 heavy (non-hydrogen) atoms. The first-order valence-electron chi connectivity index (χ1n) is 12.1. The molecule has 0 aliphatic carbocycles. The number of aromatic amines is 1. The number of thioether (sulfide) groups is 1. The second-order valence-corrected chi connectivity index (χ2v) is 10.3. The van der Waals surface area contributed by atoms with E-state index in [-0.39, 0.29) is 16.9 Å². The summed E-state index contributed by atoms with van der Waals surface area (Å²) in [7, 11) is 1.44. The van der Waals surface area contributed by atoms with Gasteiger partial charge in [0.05, 0.1) is 6.42 Å². The van der Waals surface area contributed by atoms with Gasteiger partial charge >= 0.3 is 6.18 Å². The zero-order chi connectivity index (χ0) is 27.3. The van der Waals surface area contributed by atoms with Crippen LogP contribution in [0.2, 0.25) is 0 Å². The van der Waals surface area contributed by atoms with E-state index in [2.05, 4.69) is 49.6 Å². The molecule has 2 aliphatic heterocycles. The summed E-state index contributed by atoms with van der Waals surface area (Å²) < 4.78 is 38.9. The van der Waals surface area contributed by atoms with Gasteiger partial charge in [0.25, 0.3) is 0 Å². The van der Waals surface area contributed by atoms with Crippen molar-refractivity contribution in [2.45, 2.75) is 44.9 Å². The van der Waals surface area contributed by atoms with Crippen LogP contribution in [0.5, 0.6) is 0 Å². The number of benzene rings is 1. The van der Waals surface area contributed by atoms with Crippen molar-refractivity contribution < 1.29 is 18.0 Å². The maximum Gasteiger partial charge on any atom is 0.393 e. The monoisotopic (exact) mass is 543 g/mol. The van der Waals surface area contributed by atoms with E-state index >= 15 is 0 Å². The third-order valence-corrected chi connectivity index (χ3v) is 7.58. The molecule has 3 N–H and O–H groups in total. The van der Waals surface area contributed by atoms with Gasteiger partial charge in [-0.25, -0.2) is 4.99 Å². The van der Waals surface area contributed by atoms with Gasteiger partial charge in [-0.05, 0) is 49.1 Å². The Morgan fingerprint density at radius 3 is 2.76 bits per heavy atom. The summed E-state index contributed by atoms with van der Waals surface area (Å²) in [6.45, 7) is 4.62. The fraction of sp³-hybridized carbons (Fsp3) is 0.385. The fourth-order valence-corrected chi connectivity index (χ4v) is 5.59. The number of H-pyrrole nitrogens is 1. The lowest BCUT2D eigenvalue weighted by Gasteiger charge is -2.32. The molecular weight excluding hydrogens is 515 g/mol. The van der Waals surface area contributed by atoms with Gasteiger partial charge in [0.1, 0.15) is 16.8 Å². The lowest BCUT2D eigenvalue weighted by molar-refractivity contribution is -0.125. The highest BCUT2D eigenvalue weighted by Gasteiger charge is 2.32. The van der Waals surface area contributed by atoms with Gasteiger partial charge in [-0.15, -0.1) is 0 Å². The lowest BCUT2D eigenvalue weighted by Crippen LogP contribution is -2.40. The molecule has 8 nitrogen and oxygen atoms in total.